The molecule has 0 radical (unpaired) electrons. The molecule has 0 aromatic carbocycles. The number of aromatic nitrogens is 1. The predicted octanol–water partition coefficient (Wildman–Crippen LogP) is 6.32. The number of hydrogen-bond donors (Lipinski definition) is 0. The zero-order valence-corrected chi connectivity index (χ0v) is 17.7. The lowest BCUT2D eigenvalue weighted by Gasteiger charge is -2.33. The Morgan fingerprint density at radius 1 is 1.00 bits per heavy atom. The molecule has 0 fully saturated rings. The lowest BCUT2D eigenvalue weighted by Crippen LogP contribution is -2.51. The van der Waals surface area contributed by atoms with E-state index >= 15 is 8.63 Å². The Hall–Kier alpha value is -2.25. The molecule has 3 aromatic rings. The van der Waals surface area contributed by atoms with Crippen molar-refractivity contribution < 1.29 is 13.1 Å². The average Bonchev–Trinajstić information content (AvgIpc) is 3.36. The monoisotopic (exact) mass is 412 g/mol. The lowest BCUT2D eigenvalue weighted by atomic mass is 9.85. The zero-order valence-electron chi connectivity index (χ0n) is 16.1. The molecule has 3 aromatic heterocycles. The van der Waals surface area contributed by atoms with Gasteiger partial charge in [-0.15, -0.1) is 22.7 Å². The Bertz CT molecular complexity index is 1220. The minimum absolute atomic E-state index is 0.599. The fourth-order valence-electron chi connectivity index (χ4n) is 4.56. The summed E-state index contributed by atoms with van der Waals surface area (Å²) in [5.41, 5.74) is 5.19. The number of aryl methyl sites for hydroxylation is 2. The summed E-state index contributed by atoms with van der Waals surface area (Å²) in [6.45, 7) is 3.48. The number of allylic oxidation sites excluding steroid dienone is 2. The Morgan fingerprint density at radius 2 is 1.75 bits per heavy atom. The predicted molar refractivity (Wildman–Crippen MR) is 116 cm³/mol. The van der Waals surface area contributed by atoms with Crippen molar-refractivity contribution in [3.8, 4) is 9.75 Å². The maximum absolute atomic E-state index is 15.6. The van der Waals surface area contributed by atoms with Crippen LogP contribution in [0.5, 0.6) is 0 Å². The van der Waals surface area contributed by atoms with Crippen molar-refractivity contribution in [1.82, 2.24) is 4.48 Å². The van der Waals surface area contributed by atoms with Crippen LogP contribution in [0.3, 0.4) is 0 Å². The zero-order chi connectivity index (χ0) is 19.8. The summed E-state index contributed by atoms with van der Waals surface area (Å²) >= 11 is 3.36. The van der Waals surface area contributed by atoms with Gasteiger partial charge in [-0.25, -0.2) is 0 Å². The van der Waals surface area contributed by atoms with Crippen LogP contribution >= 0.6 is 22.7 Å². The number of nitrogens with zero attached hydrogens (tertiary/aromatic N) is 2. The van der Waals surface area contributed by atoms with Crippen LogP contribution in [0, 0.1) is 13.8 Å². The molecule has 7 heteroatoms. The Kier molecular flexibility index (Phi) is 3.74. The van der Waals surface area contributed by atoms with Crippen molar-refractivity contribution >= 4 is 40.9 Å². The number of halogens is 2. The third kappa shape index (κ3) is 2.26. The highest BCUT2D eigenvalue weighted by molar-refractivity contribution is 7.22. The molecule has 0 saturated heterocycles. The van der Waals surface area contributed by atoms with E-state index in [0.717, 1.165) is 21.6 Å². The summed E-state index contributed by atoms with van der Waals surface area (Å²) in [4.78, 5) is 3.40. The van der Waals surface area contributed by atoms with Gasteiger partial charge in [0.05, 0.1) is 5.57 Å². The summed E-state index contributed by atoms with van der Waals surface area (Å²) in [7, 11) is 0. The van der Waals surface area contributed by atoms with E-state index in [2.05, 4.69) is 23.6 Å². The summed E-state index contributed by atoms with van der Waals surface area (Å²) < 4.78 is 33.8. The van der Waals surface area contributed by atoms with Gasteiger partial charge in [0.15, 0.2) is 5.70 Å². The van der Waals surface area contributed by atoms with E-state index < -0.39 is 6.97 Å². The van der Waals surface area contributed by atoms with Gasteiger partial charge < -0.3 is 17.6 Å². The van der Waals surface area contributed by atoms with Crippen molar-refractivity contribution in [2.75, 3.05) is 0 Å². The number of fused-ring (bicyclic) bond motifs is 2. The van der Waals surface area contributed by atoms with Gasteiger partial charge >= 0.3 is 6.97 Å². The highest BCUT2D eigenvalue weighted by Gasteiger charge is 2.55. The van der Waals surface area contributed by atoms with Gasteiger partial charge in [0, 0.05) is 38.9 Å². The molecule has 142 valence electrons. The van der Waals surface area contributed by atoms with Gasteiger partial charge in [0.2, 0.25) is 0 Å². The van der Waals surface area contributed by atoms with E-state index in [1.807, 2.05) is 32.1 Å². The van der Waals surface area contributed by atoms with Crippen LogP contribution < -0.4 is 0 Å². The van der Waals surface area contributed by atoms with Crippen molar-refractivity contribution in [3.05, 3.63) is 74.9 Å². The second-order valence-electron chi connectivity index (χ2n) is 7.48. The van der Waals surface area contributed by atoms with E-state index in [9.17, 15) is 0 Å². The Morgan fingerprint density at radius 3 is 2.46 bits per heavy atom. The lowest BCUT2D eigenvalue weighted by molar-refractivity contribution is -0.363. The molecule has 0 spiro atoms. The fraction of sp³-hybridized carbons (Fsp3) is 0.190. The number of hydrogen-bond acceptors (Lipinski definition) is 2. The first-order valence-corrected chi connectivity index (χ1v) is 10.9. The quantitative estimate of drug-likeness (QED) is 0.435. The van der Waals surface area contributed by atoms with Gasteiger partial charge in [-0.1, -0.05) is 6.07 Å². The van der Waals surface area contributed by atoms with E-state index in [-0.39, 0.29) is 0 Å². The topological polar surface area (TPSA) is 7.94 Å². The van der Waals surface area contributed by atoms with Crippen LogP contribution in [0.15, 0.2) is 53.1 Å². The first kappa shape index (κ1) is 17.8. The molecule has 0 aliphatic carbocycles. The normalized spacial score (nSPS) is 17.9. The smallest absolute Gasteiger partial charge is 0.393 e. The Labute approximate surface area is 170 Å². The summed E-state index contributed by atoms with van der Waals surface area (Å²) in [6.07, 6.45) is 1.87. The summed E-state index contributed by atoms with van der Waals surface area (Å²) in [5, 5.41) is 2.06. The SMILES string of the molecule is CC1=CC(C)=[N+]2C1=C(c1ccc(-c3cccs3)s1)c1c(C)cc(C)n1[B-]2(F)F. The first-order chi connectivity index (χ1) is 13.3. The van der Waals surface area contributed by atoms with Gasteiger partial charge in [0.1, 0.15) is 5.71 Å². The molecule has 0 amide bonds. The molecule has 2 nitrogen and oxygen atoms in total. The molecule has 5 heterocycles. The van der Waals surface area contributed by atoms with Crippen molar-refractivity contribution in [2.24, 2.45) is 0 Å². The first-order valence-electron chi connectivity index (χ1n) is 9.22. The van der Waals surface area contributed by atoms with Crippen LogP contribution in [0.4, 0.5) is 8.63 Å². The standard InChI is InChI=1S/C21H19BF2N2S2/c1-12-10-14(3)25-20(12)19(18-8-7-17(28-18)16-6-5-9-27-16)21-13(2)11-15(4)26(21)22(25,23)24/h5-11H,1-4H3. The van der Waals surface area contributed by atoms with Crippen LogP contribution in [-0.2, 0) is 0 Å². The molecule has 2 aliphatic rings. The van der Waals surface area contributed by atoms with Crippen LogP contribution in [0.2, 0.25) is 0 Å². The van der Waals surface area contributed by atoms with Gasteiger partial charge in [-0.2, -0.15) is 0 Å². The van der Waals surface area contributed by atoms with Crippen molar-refractivity contribution in [3.63, 3.8) is 0 Å². The van der Waals surface area contributed by atoms with E-state index in [1.54, 1.807) is 36.5 Å². The second-order valence-corrected chi connectivity index (χ2v) is 9.51. The second kappa shape index (κ2) is 5.88. The maximum atomic E-state index is 15.6. The summed E-state index contributed by atoms with van der Waals surface area (Å²) in [5.74, 6) is 0. The largest absolute Gasteiger partial charge is 0.737 e. The molecule has 0 N–H and O–H groups in total. The minimum atomic E-state index is -3.92. The molecule has 0 bridgehead atoms. The average molecular weight is 412 g/mol. The van der Waals surface area contributed by atoms with Crippen LogP contribution in [-0.4, -0.2) is 21.6 Å². The van der Waals surface area contributed by atoms with E-state index in [0.29, 0.717) is 22.8 Å². The van der Waals surface area contributed by atoms with E-state index in [4.69, 9.17) is 0 Å². The highest BCUT2D eigenvalue weighted by atomic mass is 32.1. The molecule has 0 atom stereocenters. The van der Waals surface area contributed by atoms with E-state index in [1.165, 1.54) is 18.7 Å². The summed E-state index contributed by atoms with van der Waals surface area (Å²) in [6, 6.07) is 10.2. The molecule has 0 unspecified atom stereocenters. The number of rotatable bonds is 2. The van der Waals surface area contributed by atoms with Crippen LogP contribution in [0.25, 0.3) is 15.3 Å². The van der Waals surface area contributed by atoms with Crippen molar-refractivity contribution in [2.45, 2.75) is 27.7 Å². The molecular formula is C21H19BF2N2S2. The van der Waals surface area contributed by atoms with Gasteiger partial charge in [-0.05, 0) is 61.7 Å². The maximum Gasteiger partial charge on any atom is 0.737 e. The molecule has 2 aliphatic heterocycles. The minimum Gasteiger partial charge on any atom is -0.393 e. The van der Waals surface area contributed by atoms with Crippen LogP contribution in [0.1, 0.15) is 35.7 Å². The fourth-order valence-corrected chi connectivity index (χ4v) is 6.44. The highest BCUT2D eigenvalue weighted by Crippen LogP contribution is 2.46. The molecule has 0 saturated carbocycles. The third-order valence-corrected chi connectivity index (χ3v) is 7.72. The molecular weight excluding hydrogens is 393 g/mol. The van der Waals surface area contributed by atoms with Gasteiger partial charge in [0.25, 0.3) is 0 Å². The number of thiophene rings is 2. The third-order valence-electron chi connectivity index (χ3n) is 5.55. The van der Waals surface area contributed by atoms with Crippen molar-refractivity contribution in [1.29, 1.82) is 0 Å². The molecule has 5 rings (SSSR count). The Balaban J connectivity index is 1.84. The molecule has 28 heavy (non-hydrogen) atoms. The van der Waals surface area contributed by atoms with Gasteiger partial charge in [-0.3, -0.25) is 0 Å².